The number of fused-ring (bicyclic) bond motifs is 1. The molecule has 1 aliphatic carbocycles. The second-order valence-electron chi connectivity index (χ2n) is 4.80. The molecule has 2 aromatic heterocycles. The van der Waals surface area contributed by atoms with E-state index in [-0.39, 0.29) is 5.56 Å². The first-order valence-electron chi connectivity index (χ1n) is 6.25. The number of aryl methyl sites for hydroxylation is 1. The Morgan fingerprint density at radius 3 is 2.94 bits per heavy atom. The maximum Gasteiger partial charge on any atom is 0.276 e. The molecule has 0 atom stereocenters. The summed E-state index contributed by atoms with van der Waals surface area (Å²) in [6, 6.07) is 0. The minimum atomic E-state index is -0.144. The number of aromatic amines is 2. The Kier molecular flexibility index (Phi) is 2.66. The summed E-state index contributed by atoms with van der Waals surface area (Å²) in [7, 11) is 0. The smallest absolute Gasteiger partial charge is 0.276 e. The van der Waals surface area contributed by atoms with Crippen LogP contribution in [0.5, 0.6) is 0 Å². The number of aromatic nitrogens is 4. The van der Waals surface area contributed by atoms with Crippen LogP contribution in [-0.4, -0.2) is 19.9 Å². The van der Waals surface area contributed by atoms with Gasteiger partial charge in [-0.2, -0.15) is 0 Å². The van der Waals surface area contributed by atoms with Crippen molar-refractivity contribution in [3.63, 3.8) is 0 Å². The molecule has 0 spiro atoms. The minimum Gasteiger partial charge on any atom is -0.336 e. The van der Waals surface area contributed by atoms with Crippen molar-refractivity contribution in [1.82, 2.24) is 19.9 Å². The topological polar surface area (TPSA) is 74.4 Å². The minimum absolute atomic E-state index is 0.144. The summed E-state index contributed by atoms with van der Waals surface area (Å²) in [4.78, 5) is 25.5. The van der Waals surface area contributed by atoms with Crippen LogP contribution in [0, 0.1) is 5.92 Å². The van der Waals surface area contributed by atoms with Crippen LogP contribution in [0.4, 0.5) is 0 Å². The van der Waals surface area contributed by atoms with Crippen LogP contribution >= 0.6 is 0 Å². The van der Waals surface area contributed by atoms with Crippen LogP contribution in [0.1, 0.15) is 37.9 Å². The highest BCUT2D eigenvalue weighted by Crippen LogP contribution is 2.28. The molecule has 0 saturated heterocycles. The number of nitrogens with zero attached hydrogens (tertiary/aromatic N) is 2. The van der Waals surface area contributed by atoms with Gasteiger partial charge in [0.05, 0.1) is 6.33 Å². The normalized spacial score (nSPS) is 16.9. The summed E-state index contributed by atoms with van der Waals surface area (Å²) in [6.45, 7) is 0. The molecule has 2 N–H and O–H groups in total. The standard InChI is InChI=1S/C12H16N4O/c17-12-10-11(13-7-14-12)16-9(15-10)6-5-8-3-1-2-4-8/h7-8H,1-6H2,(H2,13,14,15,16,17). The quantitative estimate of drug-likeness (QED) is 0.846. The highest BCUT2D eigenvalue weighted by molar-refractivity contribution is 5.68. The predicted octanol–water partition coefficient (Wildman–Crippen LogP) is 1.77. The third-order valence-electron chi connectivity index (χ3n) is 3.61. The zero-order chi connectivity index (χ0) is 11.7. The Hall–Kier alpha value is -1.65. The predicted molar refractivity (Wildman–Crippen MR) is 64.8 cm³/mol. The van der Waals surface area contributed by atoms with Gasteiger partial charge >= 0.3 is 0 Å². The third kappa shape index (κ3) is 2.09. The fraction of sp³-hybridized carbons (Fsp3) is 0.583. The Bertz CT molecular complexity index is 565. The van der Waals surface area contributed by atoms with Crippen molar-refractivity contribution in [2.45, 2.75) is 38.5 Å². The average molecular weight is 232 g/mol. The molecule has 0 radical (unpaired) electrons. The van der Waals surface area contributed by atoms with E-state index in [1.54, 1.807) is 0 Å². The molecular weight excluding hydrogens is 216 g/mol. The third-order valence-corrected chi connectivity index (χ3v) is 3.61. The number of hydrogen-bond acceptors (Lipinski definition) is 3. The molecule has 2 heterocycles. The second-order valence-corrected chi connectivity index (χ2v) is 4.80. The Balaban J connectivity index is 1.76. The Morgan fingerprint density at radius 1 is 1.35 bits per heavy atom. The van der Waals surface area contributed by atoms with E-state index in [0.717, 1.165) is 24.6 Å². The maximum absolute atomic E-state index is 11.5. The summed E-state index contributed by atoms with van der Waals surface area (Å²) in [5.41, 5.74) is 0.874. The van der Waals surface area contributed by atoms with Crippen LogP contribution in [0.15, 0.2) is 11.1 Å². The molecular formula is C12H16N4O. The van der Waals surface area contributed by atoms with Gasteiger partial charge in [0.1, 0.15) is 5.82 Å². The molecule has 3 rings (SSSR count). The number of H-pyrrole nitrogens is 2. The van der Waals surface area contributed by atoms with E-state index >= 15 is 0 Å². The van der Waals surface area contributed by atoms with Gasteiger partial charge in [-0.1, -0.05) is 25.7 Å². The Morgan fingerprint density at radius 2 is 2.18 bits per heavy atom. The van der Waals surface area contributed by atoms with Gasteiger partial charge in [-0.05, 0) is 12.3 Å². The fourth-order valence-electron chi connectivity index (χ4n) is 2.65. The number of rotatable bonds is 3. The largest absolute Gasteiger partial charge is 0.336 e. The summed E-state index contributed by atoms with van der Waals surface area (Å²) >= 11 is 0. The molecule has 17 heavy (non-hydrogen) atoms. The summed E-state index contributed by atoms with van der Waals surface area (Å²) in [6.07, 6.45) is 8.90. The average Bonchev–Trinajstić information content (AvgIpc) is 2.95. The molecule has 5 nitrogen and oxygen atoms in total. The van der Waals surface area contributed by atoms with E-state index in [9.17, 15) is 4.79 Å². The molecule has 90 valence electrons. The van der Waals surface area contributed by atoms with E-state index in [0.29, 0.717) is 11.2 Å². The highest BCUT2D eigenvalue weighted by atomic mass is 16.1. The molecule has 1 saturated carbocycles. The first-order valence-corrected chi connectivity index (χ1v) is 6.25. The first kappa shape index (κ1) is 10.5. The molecule has 0 amide bonds. The van der Waals surface area contributed by atoms with Crippen molar-refractivity contribution in [3.05, 3.63) is 22.5 Å². The molecule has 0 unspecified atom stereocenters. The van der Waals surface area contributed by atoms with Gasteiger partial charge in [-0.15, -0.1) is 0 Å². The summed E-state index contributed by atoms with van der Waals surface area (Å²) in [5.74, 6) is 1.73. The SMILES string of the molecule is O=c1[nH]cnc2nc(CCC3CCCC3)[nH]c12. The number of hydrogen-bond donors (Lipinski definition) is 2. The molecule has 1 aliphatic rings. The van der Waals surface area contributed by atoms with Crippen LogP contribution in [-0.2, 0) is 6.42 Å². The van der Waals surface area contributed by atoms with Crippen LogP contribution in [0.3, 0.4) is 0 Å². The van der Waals surface area contributed by atoms with Gasteiger partial charge in [-0.3, -0.25) is 4.79 Å². The lowest BCUT2D eigenvalue weighted by atomic mass is 10.0. The van der Waals surface area contributed by atoms with Crippen molar-refractivity contribution in [1.29, 1.82) is 0 Å². The van der Waals surface area contributed by atoms with Gasteiger partial charge in [0, 0.05) is 6.42 Å². The van der Waals surface area contributed by atoms with Crippen molar-refractivity contribution >= 4 is 11.2 Å². The van der Waals surface area contributed by atoms with Gasteiger partial charge in [0.2, 0.25) is 0 Å². The van der Waals surface area contributed by atoms with Crippen molar-refractivity contribution < 1.29 is 0 Å². The van der Waals surface area contributed by atoms with Crippen LogP contribution < -0.4 is 5.56 Å². The van der Waals surface area contributed by atoms with Crippen molar-refractivity contribution in [2.24, 2.45) is 5.92 Å². The molecule has 5 heteroatoms. The van der Waals surface area contributed by atoms with Crippen LogP contribution in [0.25, 0.3) is 11.2 Å². The van der Waals surface area contributed by atoms with E-state index in [2.05, 4.69) is 19.9 Å². The lowest BCUT2D eigenvalue weighted by Gasteiger charge is -2.05. The van der Waals surface area contributed by atoms with E-state index < -0.39 is 0 Å². The Labute approximate surface area is 98.7 Å². The van der Waals surface area contributed by atoms with Crippen LogP contribution in [0.2, 0.25) is 0 Å². The van der Waals surface area contributed by atoms with E-state index in [1.165, 1.54) is 32.0 Å². The lowest BCUT2D eigenvalue weighted by Crippen LogP contribution is -2.05. The lowest BCUT2D eigenvalue weighted by molar-refractivity contribution is 0.498. The zero-order valence-electron chi connectivity index (χ0n) is 9.70. The number of imidazole rings is 1. The monoisotopic (exact) mass is 232 g/mol. The molecule has 0 bridgehead atoms. The zero-order valence-corrected chi connectivity index (χ0v) is 9.70. The first-order chi connectivity index (χ1) is 8.33. The van der Waals surface area contributed by atoms with Gasteiger partial charge < -0.3 is 9.97 Å². The van der Waals surface area contributed by atoms with E-state index in [4.69, 9.17) is 0 Å². The van der Waals surface area contributed by atoms with E-state index in [1.807, 2.05) is 0 Å². The molecule has 1 fully saturated rings. The second kappa shape index (κ2) is 4.31. The molecule has 0 aliphatic heterocycles. The van der Waals surface area contributed by atoms with Gasteiger partial charge in [0.15, 0.2) is 11.2 Å². The van der Waals surface area contributed by atoms with Crippen molar-refractivity contribution in [2.75, 3.05) is 0 Å². The van der Waals surface area contributed by atoms with Gasteiger partial charge in [0.25, 0.3) is 5.56 Å². The number of nitrogens with one attached hydrogen (secondary N) is 2. The molecule has 0 aromatic carbocycles. The fourth-order valence-corrected chi connectivity index (χ4v) is 2.65. The van der Waals surface area contributed by atoms with Crippen molar-refractivity contribution in [3.8, 4) is 0 Å². The maximum atomic E-state index is 11.5. The highest BCUT2D eigenvalue weighted by Gasteiger charge is 2.15. The summed E-state index contributed by atoms with van der Waals surface area (Å²) < 4.78 is 0. The van der Waals surface area contributed by atoms with Gasteiger partial charge in [-0.25, -0.2) is 9.97 Å². The molecule has 2 aromatic rings. The summed E-state index contributed by atoms with van der Waals surface area (Å²) in [5, 5.41) is 0.